The molecule has 0 bridgehead atoms. The van der Waals surface area contributed by atoms with Crippen molar-refractivity contribution in [1.29, 1.82) is 0 Å². The Kier molecular flexibility index (Phi) is 9.36. The summed E-state index contributed by atoms with van der Waals surface area (Å²) in [6.07, 6.45) is 0.556. The first-order valence-electron chi connectivity index (χ1n) is 11.1. The van der Waals surface area contributed by atoms with Crippen LogP contribution in [0, 0.1) is 0 Å². The zero-order chi connectivity index (χ0) is 26.8. The van der Waals surface area contributed by atoms with Crippen LogP contribution in [0.4, 0.5) is 5.69 Å². The van der Waals surface area contributed by atoms with Crippen molar-refractivity contribution in [3.05, 3.63) is 89.5 Å². The molecule has 0 saturated carbocycles. The van der Waals surface area contributed by atoms with Crippen LogP contribution >= 0.6 is 0 Å². The van der Waals surface area contributed by atoms with Crippen molar-refractivity contribution >= 4 is 33.6 Å². The van der Waals surface area contributed by atoms with Gasteiger partial charge in [-0.1, -0.05) is 30.3 Å². The van der Waals surface area contributed by atoms with Crippen LogP contribution in [0.25, 0.3) is 0 Å². The van der Waals surface area contributed by atoms with Gasteiger partial charge in [-0.05, 0) is 54.4 Å². The molecule has 194 valence electrons. The molecule has 2 N–H and O–H groups in total. The van der Waals surface area contributed by atoms with Crippen LogP contribution < -0.4 is 14.8 Å². The third-order valence-corrected chi connectivity index (χ3v) is 6.59. The van der Waals surface area contributed by atoms with E-state index < -0.39 is 34.5 Å². The maximum absolute atomic E-state index is 12.5. The Labute approximate surface area is 214 Å². The van der Waals surface area contributed by atoms with E-state index in [0.717, 1.165) is 5.56 Å². The lowest BCUT2D eigenvalue weighted by atomic mass is 10.1. The van der Waals surface area contributed by atoms with Crippen molar-refractivity contribution in [2.75, 3.05) is 32.7 Å². The number of hydrogen-bond acceptors (Lipinski definition) is 8. The van der Waals surface area contributed by atoms with Crippen LogP contribution in [-0.4, -0.2) is 53.6 Å². The minimum Gasteiger partial charge on any atom is -0.484 e. The predicted molar refractivity (Wildman–Crippen MR) is 135 cm³/mol. The largest absolute Gasteiger partial charge is 0.484 e. The molecular weight excluding hydrogens is 500 g/mol. The van der Waals surface area contributed by atoms with E-state index >= 15 is 0 Å². The summed E-state index contributed by atoms with van der Waals surface area (Å²) in [5.74, 6) is -1.68. The van der Waals surface area contributed by atoms with Gasteiger partial charge in [0.2, 0.25) is 10.0 Å². The maximum Gasteiger partial charge on any atom is 0.337 e. The summed E-state index contributed by atoms with van der Waals surface area (Å²) in [7, 11) is -1.32. The van der Waals surface area contributed by atoms with E-state index in [0.29, 0.717) is 6.42 Å². The summed E-state index contributed by atoms with van der Waals surface area (Å²) in [6, 6.07) is 19.1. The Bertz CT molecular complexity index is 1320. The SMILES string of the molecule is COC(=O)c1cc(NC(=O)COc2ccc(S(=O)(=O)NCCc3ccccc3)cc2)cc(C(=O)OC)c1. The number of methoxy groups -OCH3 is 2. The summed E-state index contributed by atoms with van der Waals surface area (Å²) in [5, 5.41) is 2.54. The van der Waals surface area contributed by atoms with Crippen molar-refractivity contribution in [2.45, 2.75) is 11.3 Å². The molecule has 0 aromatic heterocycles. The third kappa shape index (κ3) is 7.89. The summed E-state index contributed by atoms with van der Waals surface area (Å²) >= 11 is 0. The van der Waals surface area contributed by atoms with Gasteiger partial charge in [0.15, 0.2) is 6.61 Å². The van der Waals surface area contributed by atoms with Gasteiger partial charge in [-0.15, -0.1) is 0 Å². The van der Waals surface area contributed by atoms with Crippen LogP contribution in [0.15, 0.2) is 77.7 Å². The molecule has 0 unspecified atom stereocenters. The Morgan fingerprint density at radius 1 is 0.811 bits per heavy atom. The second-order valence-electron chi connectivity index (χ2n) is 7.72. The highest BCUT2D eigenvalue weighted by Crippen LogP contribution is 2.18. The molecule has 0 heterocycles. The Balaban J connectivity index is 1.57. The molecule has 3 aromatic carbocycles. The maximum atomic E-state index is 12.5. The number of hydrogen-bond donors (Lipinski definition) is 2. The number of benzene rings is 3. The summed E-state index contributed by atoms with van der Waals surface area (Å²) in [6.45, 7) is -0.156. The van der Waals surface area contributed by atoms with E-state index in [4.69, 9.17) is 4.74 Å². The third-order valence-electron chi connectivity index (χ3n) is 5.11. The number of anilines is 1. The van der Waals surface area contributed by atoms with Crippen molar-refractivity contribution < 1.29 is 37.0 Å². The van der Waals surface area contributed by atoms with Gasteiger partial charge >= 0.3 is 11.9 Å². The lowest BCUT2D eigenvalue weighted by Crippen LogP contribution is -2.26. The van der Waals surface area contributed by atoms with E-state index in [1.54, 1.807) is 0 Å². The van der Waals surface area contributed by atoms with Gasteiger partial charge in [0.25, 0.3) is 5.91 Å². The van der Waals surface area contributed by atoms with E-state index in [2.05, 4.69) is 19.5 Å². The van der Waals surface area contributed by atoms with Gasteiger partial charge in [0.1, 0.15) is 5.75 Å². The monoisotopic (exact) mass is 526 g/mol. The van der Waals surface area contributed by atoms with Crippen molar-refractivity contribution in [1.82, 2.24) is 4.72 Å². The summed E-state index contributed by atoms with van der Waals surface area (Å²) in [4.78, 5) is 36.2. The normalized spacial score (nSPS) is 10.9. The standard InChI is InChI=1S/C26H26N2O8S/c1-34-25(30)19-14-20(26(31)35-2)16-21(15-19)28-24(29)17-36-22-8-10-23(11-9-22)37(32,33)27-13-12-18-6-4-3-5-7-18/h3-11,14-16,27H,12-13,17H2,1-2H3,(H,28,29). The summed E-state index contributed by atoms with van der Waals surface area (Å²) in [5.41, 5.74) is 1.29. The second kappa shape index (κ2) is 12.7. The molecule has 0 aliphatic heterocycles. The van der Waals surface area contributed by atoms with Crippen LogP contribution in [0.3, 0.4) is 0 Å². The van der Waals surface area contributed by atoms with Crippen LogP contribution in [0.1, 0.15) is 26.3 Å². The average molecular weight is 527 g/mol. The second-order valence-corrected chi connectivity index (χ2v) is 9.49. The van der Waals surface area contributed by atoms with Gasteiger partial charge < -0.3 is 19.5 Å². The quantitative estimate of drug-likeness (QED) is 0.364. The average Bonchev–Trinajstić information content (AvgIpc) is 2.91. The van der Waals surface area contributed by atoms with E-state index in [1.165, 1.54) is 56.7 Å². The number of carbonyl (C=O) groups excluding carboxylic acids is 3. The smallest absolute Gasteiger partial charge is 0.337 e. The Hall–Kier alpha value is -4.22. The first kappa shape index (κ1) is 27.4. The predicted octanol–water partition coefficient (Wildman–Crippen LogP) is 2.80. The molecule has 0 aliphatic carbocycles. The topological polar surface area (TPSA) is 137 Å². The van der Waals surface area contributed by atoms with Crippen LogP contribution in [0.2, 0.25) is 0 Å². The Morgan fingerprint density at radius 2 is 1.41 bits per heavy atom. The zero-order valence-electron chi connectivity index (χ0n) is 20.2. The molecule has 0 fully saturated rings. The van der Waals surface area contributed by atoms with Crippen LogP contribution in [-0.2, 0) is 30.7 Å². The lowest BCUT2D eigenvalue weighted by Gasteiger charge is -2.11. The molecule has 37 heavy (non-hydrogen) atoms. The van der Waals surface area contributed by atoms with E-state index in [-0.39, 0.29) is 34.0 Å². The first-order valence-corrected chi connectivity index (χ1v) is 12.6. The highest BCUT2D eigenvalue weighted by Gasteiger charge is 2.16. The Morgan fingerprint density at radius 3 is 1.97 bits per heavy atom. The first-order chi connectivity index (χ1) is 17.7. The van der Waals surface area contributed by atoms with Crippen molar-refractivity contribution in [2.24, 2.45) is 0 Å². The molecule has 0 saturated heterocycles. The number of nitrogens with one attached hydrogen (secondary N) is 2. The number of sulfonamides is 1. The minimum atomic E-state index is -3.71. The molecule has 1 amide bonds. The van der Waals surface area contributed by atoms with Crippen molar-refractivity contribution in [3.8, 4) is 5.75 Å². The van der Waals surface area contributed by atoms with Gasteiger partial charge in [0, 0.05) is 12.2 Å². The summed E-state index contributed by atoms with van der Waals surface area (Å²) < 4.78 is 42.4. The van der Waals surface area contributed by atoms with Crippen LogP contribution in [0.5, 0.6) is 5.75 Å². The zero-order valence-corrected chi connectivity index (χ0v) is 21.0. The minimum absolute atomic E-state index is 0.0517. The molecule has 3 rings (SSSR count). The van der Waals surface area contributed by atoms with Crippen molar-refractivity contribution in [3.63, 3.8) is 0 Å². The van der Waals surface area contributed by atoms with E-state index in [9.17, 15) is 22.8 Å². The van der Waals surface area contributed by atoms with Gasteiger partial charge in [0.05, 0.1) is 30.2 Å². The highest BCUT2D eigenvalue weighted by atomic mass is 32.2. The molecule has 10 nitrogen and oxygen atoms in total. The molecule has 0 atom stereocenters. The van der Waals surface area contributed by atoms with Gasteiger partial charge in [-0.2, -0.15) is 0 Å². The fourth-order valence-electron chi connectivity index (χ4n) is 3.29. The van der Waals surface area contributed by atoms with Gasteiger partial charge in [-0.25, -0.2) is 22.7 Å². The number of ether oxygens (including phenoxy) is 3. The lowest BCUT2D eigenvalue weighted by molar-refractivity contribution is -0.118. The molecular formula is C26H26N2O8S. The highest BCUT2D eigenvalue weighted by molar-refractivity contribution is 7.89. The number of amides is 1. The molecule has 0 spiro atoms. The fraction of sp³-hybridized carbons (Fsp3) is 0.192. The molecule has 0 radical (unpaired) electrons. The fourth-order valence-corrected chi connectivity index (χ4v) is 4.32. The molecule has 0 aliphatic rings. The molecule has 11 heteroatoms. The number of carbonyl (C=O) groups is 3. The number of esters is 2. The number of rotatable bonds is 11. The molecule has 3 aromatic rings. The van der Waals surface area contributed by atoms with E-state index in [1.807, 2.05) is 30.3 Å². The van der Waals surface area contributed by atoms with Gasteiger partial charge in [-0.3, -0.25) is 4.79 Å².